The number of halogens is 7. The van der Waals surface area contributed by atoms with E-state index in [0.717, 1.165) is 23.0 Å². The van der Waals surface area contributed by atoms with E-state index in [1.807, 2.05) is 11.8 Å². The Morgan fingerprint density at radius 2 is 1.61 bits per heavy atom. The molecular weight excluding hydrogens is 574 g/mol. The number of aromatic nitrogens is 5. The number of hydrogen-bond donors (Lipinski definition) is 2. The van der Waals surface area contributed by atoms with Gasteiger partial charge in [0.2, 0.25) is 11.9 Å². The van der Waals surface area contributed by atoms with Crippen molar-refractivity contribution in [2.45, 2.75) is 37.8 Å². The Bertz CT molecular complexity index is 1550. The molecule has 41 heavy (non-hydrogen) atoms. The molecule has 0 aliphatic carbocycles. The van der Waals surface area contributed by atoms with Gasteiger partial charge in [-0.2, -0.15) is 26.3 Å². The largest absolute Gasteiger partial charge is 0.433 e. The molecule has 0 bridgehead atoms. The summed E-state index contributed by atoms with van der Waals surface area (Å²) in [5, 5.41) is 4.64. The third-order valence-electron chi connectivity index (χ3n) is 7.27. The zero-order chi connectivity index (χ0) is 29.1. The first kappa shape index (κ1) is 27.5. The van der Waals surface area contributed by atoms with Crippen molar-refractivity contribution in [1.29, 1.82) is 0 Å². The standard InChI is InChI=1S/C26H23ClF6N8/c1-13-12-40(7-5-34-13)23-35-10-14(11-36-23)22-21-16(17-8-15(27)2-3-18(17)37-21)4-6-41(22)24-38-19(25(28,29)30)9-20(39-24)26(31,32)33/h2-3,8-11,13,22,34,37H,4-7,12H2,1H3/t13-,22+/m1/s1. The number of nitrogens with one attached hydrogen (secondary N) is 2. The molecule has 6 rings (SSSR count). The molecule has 2 atom stereocenters. The molecule has 2 aliphatic heterocycles. The van der Waals surface area contributed by atoms with Gasteiger partial charge in [-0.15, -0.1) is 0 Å². The van der Waals surface area contributed by atoms with Gasteiger partial charge < -0.3 is 20.1 Å². The first-order valence-corrected chi connectivity index (χ1v) is 13.2. The lowest BCUT2D eigenvalue weighted by atomic mass is 9.94. The maximum atomic E-state index is 13.7. The van der Waals surface area contributed by atoms with Gasteiger partial charge in [0.15, 0.2) is 11.4 Å². The summed E-state index contributed by atoms with van der Waals surface area (Å²) < 4.78 is 82.0. The third kappa shape index (κ3) is 5.25. The Kier molecular flexibility index (Phi) is 6.72. The Morgan fingerprint density at radius 1 is 0.927 bits per heavy atom. The molecule has 15 heteroatoms. The molecule has 1 fully saturated rings. The minimum absolute atomic E-state index is 0.0345. The van der Waals surface area contributed by atoms with Crippen molar-refractivity contribution in [2.24, 2.45) is 0 Å². The predicted molar refractivity (Wildman–Crippen MR) is 140 cm³/mol. The van der Waals surface area contributed by atoms with Crippen molar-refractivity contribution in [3.05, 3.63) is 69.9 Å². The molecule has 2 N–H and O–H groups in total. The number of benzene rings is 1. The van der Waals surface area contributed by atoms with Crippen LogP contribution in [0.4, 0.5) is 38.2 Å². The highest BCUT2D eigenvalue weighted by atomic mass is 35.5. The van der Waals surface area contributed by atoms with Gasteiger partial charge in [0.1, 0.15) is 6.04 Å². The Morgan fingerprint density at radius 3 is 2.24 bits per heavy atom. The van der Waals surface area contributed by atoms with Gasteiger partial charge in [-0.25, -0.2) is 19.9 Å². The maximum absolute atomic E-state index is 13.7. The first-order chi connectivity index (χ1) is 19.4. The van der Waals surface area contributed by atoms with Crippen LogP contribution in [-0.2, 0) is 18.8 Å². The van der Waals surface area contributed by atoms with E-state index in [4.69, 9.17) is 11.6 Å². The summed E-state index contributed by atoms with van der Waals surface area (Å²) in [6.07, 6.45) is -6.85. The smallest absolute Gasteiger partial charge is 0.356 e. The zero-order valence-electron chi connectivity index (χ0n) is 21.5. The fraction of sp³-hybridized carbons (Fsp3) is 0.385. The van der Waals surface area contributed by atoms with Crippen LogP contribution in [0.2, 0.25) is 5.02 Å². The van der Waals surface area contributed by atoms with E-state index in [0.29, 0.717) is 41.7 Å². The van der Waals surface area contributed by atoms with Crippen molar-refractivity contribution < 1.29 is 26.3 Å². The number of fused-ring (bicyclic) bond motifs is 3. The van der Waals surface area contributed by atoms with Crippen molar-refractivity contribution in [2.75, 3.05) is 36.0 Å². The summed E-state index contributed by atoms with van der Waals surface area (Å²) in [6, 6.07) is 4.48. The van der Waals surface area contributed by atoms with Gasteiger partial charge in [-0.3, -0.25) is 0 Å². The zero-order valence-corrected chi connectivity index (χ0v) is 22.2. The Hall–Kier alpha value is -3.65. The average molecular weight is 597 g/mol. The van der Waals surface area contributed by atoms with Crippen molar-refractivity contribution >= 4 is 34.4 Å². The molecule has 0 amide bonds. The van der Waals surface area contributed by atoms with Crippen LogP contribution in [0.1, 0.15) is 41.2 Å². The van der Waals surface area contributed by atoms with Crippen molar-refractivity contribution in [3.8, 4) is 0 Å². The maximum Gasteiger partial charge on any atom is 0.433 e. The molecule has 0 unspecified atom stereocenters. The number of hydrogen-bond acceptors (Lipinski definition) is 7. The lowest BCUT2D eigenvalue weighted by Crippen LogP contribution is -2.49. The van der Waals surface area contributed by atoms with Crippen LogP contribution in [0.25, 0.3) is 10.9 Å². The number of nitrogens with zero attached hydrogens (tertiary/aromatic N) is 6. The van der Waals surface area contributed by atoms with Crippen LogP contribution >= 0.6 is 11.6 Å². The van der Waals surface area contributed by atoms with Crippen molar-refractivity contribution in [3.63, 3.8) is 0 Å². The third-order valence-corrected chi connectivity index (χ3v) is 7.50. The lowest BCUT2D eigenvalue weighted by molar-refractivity contribution is -0.147. The molecule has 216 valence electrons. The van der Waals surface area contributed by atoms with Crippen LogP contribution in [0.15, 0.2) is 36.7 Å². The number of H-pyrrole nitrogens is 1. The fourth-order valence-electron chi connectivity index (χ4n) is 5.43. The monoisotopic (exact) mass is 596 g/mol. The second-order valence-corrected chi connectivity index (χ2v) is 10.5. The van der Waals surface area contributed by atoms with Gasteiger partial charge in [0.05, 0.1) is 0 Å². The van der Waals surface area contributed by atoms with E-state index in [1.54, 1.807) is 30.6 Å². The summed E-state index contributed by atoms with van der Waals surface area (Å²) in [4.78, 5) is 22.8. The number of alkyl halides is 6. The topological polar surface area (TPSA) is 85.9 Å². The summed E-state index contributed by atoms with van der Waals surface area (Å²) >= 11 is 6.23. The molecule has 1 saturated heterocycles. The average Bonchev–Trinajstić information content (AvgIpc) is 3.29. The molecule has 5 heterocycles. The van der Waals surface area contributed by atoms with Crippen LogP contribution < -0.4 is 15.1 Å². The SMILES string of the molecule is C[C@@H]1CN(c2ncc([C@H]3c4[nH]c5ccc(Cl)cc5c4CCN3c3nc(C(F)(F)F)cc(C(F)(F)F)n3)cn2)CCN1. The van der Waals surface area contributed by atoms with Gasteiger partial charge in [-0.1, -0.05) is 11.6 Å². The highest BCUT2D eigenvalue weighted by Crippen LogP contribution is 2.42. The fourth-order valence-corrected chi connectivity index (χ4v) is 5.60. The molecule has 3 aromatic heterocycles. The Labute approximate surface area is 234 Å². The molecule has 4 aromatic rings. The molecule has 0 radical (unpaired) electrons. The van der Waals surface area contributed by atoms with E-state index in [-0.39, 0.29) is 18.7 Å². The minimum atomic E-state index is -5.11. The molecule has 0 saturated carbocycles. The summed E-state index contributed by atoms with van der Waals surface area (Å²) in [5.74, 6) is -0.220. The second kappa shape index (κ2) is 10.0. The van der Waals surface area contributed by atoms with Gasteiger partial charge in [-0.05, 0) is 43.2 Å². The quantitative estimate of drug-likeness (QED) is 0.307. The molecular formula is C26H23ClF6N8. The van der Waals surface area contributed by atoms with E-state index >= 15 is 0 Å². The molecule has 8 nitrogen and oxygen atoms in total. The highest BCUT2D eigenvalue weighted by molar-refractivity contribution is 6.31. The van der Waals surface area contributed by atoms with E-state index in [1.165, 1.54) is 4.90 Å². The minimum Gasteiger partial charge on any atom is -0.356 e. The van der Waals surface area contributed by atoms with E-state index in [2.05, 4.69) is 30.2 Å². The van der Waals surface area contributed by atoms with Crippen LogP contribution in [0.3, 0.4) is 0 Å². The first-order valence-electron chi connectivity index (χ1n) is 12.8. The van der Waals surface area contributed by atoms with Gasteiger partial charge in [0.25, 0.3) is 0 Å². The van der Waals surface area contributed by atoms with E-state index in [9.17, 15) is 26.3 Å². The molecule has 2 aliphatic rings. The van der Waals surface area contributed by atoms with Gasteiger partial charge in [0, 0.05) is 71.8 Å². The summed E-state index contributed by atoms with van der Waals surface area (Å²) in [7, 11) is 0. The number of rotatable bonds is 3. The van der Waals surface area contributed by atoms with Crippen LogP contribution in [0, 0.1) is 0 Å². The second-order valence-electron chi connectivity index (χ2n) is 10.1. The Balaban J connectivity index is 1.49. The highest BCUT2D eigenvalue weighted by Gasteiger charge is 2.42. The summed E-state index contributed by atoms with van der Waals surface area (Å²) in [5.41, 5.74) is -0.781. The number of aromatic amines is 1. The van der Waals surface area contributed by atoms with Crippen LogP contribution in [0.5, 0.6) is 0 Å². The predicted octanol–water partition coefficient (Wildman–Crippen LogP) is 5.39. The van der Waals surface area contributed by atoms with Gasteiger partial charge >= 0.3 is 12.4 Å². The number of anilines is 2. The molecule has 0 spiro atoms. The number of piperazine rings is 1. The lowest BCUT2D eigenvalue weighted by Gasteiger charge is -2.36. The normalized spacial score (nSPS) is 20.0. The van der Waals surface area contributed by atoms with Crippen molar-refractivity contribution in [1.82, 2.24) is 30.2 Å². The summed E-state index contributed by atoms with van der Waals surface area (Å²) in [6.45, 7) is 4.18. The van der Waals surface area contributed by atoms with Crippen LogP contribution in [-0.4, -0.2) is 57.1 Å². The van der Waals surface area contributed by atoms with E-state index < -0.39 is 35.7 Å². The molecule has 1 aromatic carbocycles.